The highest BCUT2D eigenvalue weighted by atomic mass is 16.5. The van der Waals surface area contributed by atoms with Gasteiger partial charge < -0.3 is 9.47 Å². The molecule has 16 heavy (non-hydrogen) atoms. The van der Waals surface area contributed by atoms with E-state index < -0.39 is 0 Å². The summed E-state index contributed by atoms with van der Waals surface area (Å²) in [5.74, 6) is 0.440. The summed E-state index contributed by atoms with van der Waals surface area (Å²) in [5, 5.41) is 0. The lowest BCUT2D eigenvalue weighted by Gasteiger charge is -2.32. The van der Waals surface area contributed by atoms with Crippen LogP contribution >= 0.6 is 0 Å². The summed E-state index contributed by atoms with van der Waals surface area (Å²) in [6.07, 6.45) is 1.65. The number of nitrogens with zero attached hydrogens (tertiary/aromatic N) is 2. The smallest absolute Gasteiger partial charge is 0.265 e. The fraction of sp³-hybridized carbons (Fsp3) is 0.455. The Morgan fingerprint density at radius 1 is 1.69 bits per heavy atom. The SMILES string of the molecule is COCC(C)N1C(=O)COc2ncccc21. The van der Waals surface area contributed by atoms with Crippen molar-refractivity contribution in [3.05, 3.63) is 18.3 Å². The van der Waals surface area contributed by atoms with Crippen LogP contribution in [0.5, 0.6) is 5.88 Å². The Bertz CT molecular complexity index is 395. The summed E-state index contributed by atoms with van der Waals surface area (Å²) >= 11 is 0. The summed E-state index contributed by atoms with van der Waals surface area (Å²) in [6, 6.07) is 3.59. The Balaban J connectivity index is 2.33. The van der Waals surface area contributed by atoms with Gasteiger partial charge in [0.25, 0.3) is 5.91 Å². The minimum absolute atomic E-state index is 0.0238. The van der Waals surface area contributed by atoms with Crippen LogP contribution in [0.4, 0.5) is 5.69 Å². The molecule has 0 fully saturated rings. The molecule has 0 saturated heterocycles. The number of fused-ring (bicyclic) bond motifs is 1. The molecule has 0 saturated carbocycles. The van der Waals surface area contributed by atoms with E-state index >= 15 is 0 Å². The number of amides is 1. The minimum Gasteiger partial charge on any atom is -0.466 e. The number of rotatable bonds is 3. The number of carbonyl (C=O) groups is 1. The van der Waals surface area contributed by atoms with E-state index in [1.807, 2.05) is 13.0 Å². The lowest BCUT2D eigenvalue weighted by Crippen LogP contribution is -2.46. The van der Waals surface area contributed by atoms with Crippen LogP contribution in [-0.2, 0) is 9.53 Å². The van der Waals surface area contributed by atoms with E-state index in [2.05, 4.69) is 4.98 Å². The third-order valence-electron chi connectivity index (χ3n) is 2.46. The van der Waals surface area contributed by atoms with Gasteiger partial charge in [-0.3, -0.25) is 9.69 Å². The standard InChI is InChI=1S/C11H14N2O3/c1-8(6-15-2)13-9-4-3-5-12-11(9)16-7-10(13)14/h3-5,8H,6-7H2,1-2H3. The molecule has 0 radical (unpaired) electrons. The summed E-state index contributed by atoms with van der Waals surface area (Å²) in [6.45, 7) is 2.46. The topological polar surface area (TPSA) is 51.7 Å². The molecule has 1 amide bonds. The van der Waals surface area contributed by atoms with Crippen molar-refractivity contribution in [2.24, 2.45) is 0 Å². The average Bonchev–Trinajstić information content (AvgIpc) is 2.29. The second kappa shape index (κ2) is 4.49. The molecule has 1 aromatic rings. The largest absolute Gasteiger partial charge is 0.466 e. The summed E-state index contributed by atoms with van der Waals surface area (Å²) in [5.41, 5.74) is 0.711. The van der Waals surface area contributed by atoms with Crippen molar-refractivity contribution in [3.63, 3.8) is 0 Å². The van der Waals surface area contributed by atoms with E-state index in [9.17, 15) is 4.79 Å². The highest BCUT2D eigenvalue weighted by Gasteiger charge is 2.29. The highest BCUT2D eigenvalue weighted by Crippen LogP contribution is 2.30. The fourth-order valence-corrected chi connectivity index (χ4v) is 1.81. The molecule has 2 rings (SSSR count). The number of carbonyl (C=O) groups excluding carboxylic acids is 1. The van der Waals surface area contributed by atoms with Gasteiger partial charge in [-0.25, -0.2) is 4.98 Å². The molecular formula is C11H14N2O3. The van der Waals surface area contributed by atoms with Crippen molar-refractivity contribution in [2.75, 3.05) is 25.2 Å². The first-order valence-electron chi connectivity index (χ1n) is 5.13. The molecule has 5 nitrogen and oxygen atoms in total. The predicted octanol–water partition coefficient (Wildman–Crippen LogP) is 0.842. The van der Waals surface area contributed by atoms with Gasteiger partial charge in [-0.15, -0.1) is 0 Å². The molecular weight excluding hydrogens is 208 g/mol. The van der Waals surface area contributed by atoms with Crippen LogP contribution in [0.15, 0.2) is 18.3 Å². The first-order valence-corrected chi connectivity index (χ1v) is 5.13. The van der Waals surface area contributed by atoms with Crippen molar-refractivity contribution in [2.45, 2.75) is 13.0 Å². The van der Waals surface area contributed by atoms with Crippen LogP contribution < -0.4 is 9.64 Å². The molecule has 0 aromatic carbocycles. The number of anilines is 1. The average molecular weight is 222 g/mol. The maximum Gasteiger partial charge on any atom is 0.265 e. The Kier molecular flexibility index (Phi) is 3.05. The van der Waals surface area contributed by atoms with Crippen molar-refractivity contribution in [3.8, 4) is 5.88 Å². The molecule has 5 heteroatoms. The second-order valence-electron chi connectivity index (χ2n) is 3.68. The summed E-state index contributed by atoms with van der Waals surface area (Å²) in [7, 11) is 1.62. The zero-order chi connectivity index (χ0) is 11.5. The normalized spacial score (nSPS) is 16.6. The molecule has 1 atom stereocenters. The summed E-state index contributed by atoms with van der Waals surface area (Å²) < 4.78 is 10.3. The van der Waals surface area contributed by atoms with Crippen LogP contribution in [0.25, 0.3) is 0 Å². The lowest BCUT2D eigenvalue weighted by molar-refractivity contribution is -0.122. The lowest BCUT2D eigenvalue weighted by atomic mass is 10.2. The van der Waals surface area contributed by atoms with Gasteiger partial charge in [0.05, 0.1) is 12.6 Å². The Morgan fingerprint density at radius 3 is 3.25 bits per heavy atom. The number of methoxy groups -OCH3 is 1. The number of aromatic nitrogens is 1. The second-order valence-corrected chi connectivity index (χ2v) is 3.68. The molecule has 0 bridgehead atoms. The van der Waals surface area contributed by atoms with Gasteiger partial charge in [0.1, 0.15) is 5.69 Å². The molecule has 1 unspecified atom stereocenters. The predicted molar refractivity (Wildman–Crippen MR) is 58.6 cm³/mol. The molecule has 0 spiro atoms. The van der Waals surface area contributed by atoms with Gasteiger partial charge in [0.15, 0.2) is 6.61 Å². The Labute approximate surface area is 94.0 Å². The van der Waals surface area contributed by atoms with Crippen molar-refractivity contribution < 1.29 is 14.3 Å². The molecule has 2 heterocycles. The van der Waals surface area contributed by atoms with Gasteiger partial charge in [-0.1, -0.05) is 0 Å². The van der Waals surface area contributed by atoms with Crippen LogP contribution in [0.2, 0.25) is 0 Å². The van der Waals surface area contributed by atoms with Crippen molar-refractivity contribution in [1.82, 2.24) is 4.98 Å². The minimum atomic E-state index is -0.0648. The number of hydrogen-bond donors (Lipinski definition) is 0. The van der Waals surface area contributed by atoms with Crippen LogP contribution in [-0.4, -0.2) is 37.3 Å². The van der Waals surface area contributed by atoms with E-state index in [1.165, 1.54) is 0 Å². The van der Waals surface area contributed by atoms with Gasteiger partial charge in [0, 0.05) is 13.3 Å². The van der Waals surface area contributed by atoms with Crippen LogP contribution in [0.1, 0.15) is 6.92 Å². The first kappa shape index (κ1) is 10.9. The zero-order valence-electron chi connectivity index (χ0n) is 9.34. The maximum atomic E-state index is 11.8. The Hall–Kier alpha value is -1.62. The van der Waals surface area contributed by atoms with Crippen molar-refractivity contribution >= 4 is 11.6 Å². The number of ether oxygens (including phenoxy) is 2. The van der Waals surface area contributed by atoms with Crippen LogP contribution in [0.3, 0.4) is 0 Å². The third kappa shape index (κ3) is 1.86. The highest BCUT2D eigenvalue weighted by molar-refractivity contribution is 5.97. The summed E-state index contributed by atoms with van der Waals surface area (Å²) in [4.78, 5) is 17.6. The van der Waals surface area contributed by atoms with Gasteiger partial charge in [-0.05, 0) is 19.1 Å². The Morgan fingerprint density at radius 2 is 2.50 bits per heavy atom. The van der Waals surface area contributed by atoms with Crippen LogP contribution in [0, 0.1) is 0 Å². The maximum absolute atomic E-state index is 11.8. The first-order chi connectivity index (χ1) is 7.74. The zero-order valence-corrected chi connectivity index (χ0v) is 9.34. The molecule has 1 aromatic heterocycles. The van der Waals surface area contributed by atoms with E-state index in [1.54, 1.807) is 24.3 Å². The molecule has 86 valence electrons. The molecule has 0 aliphatic carbocycles. The van der Waals surface area contributed by atoms with Crippen molar-refractivity contribution in [1.29, 1.82) is 0 Å². The quantitative estimate of drug-likeness (QED) is 0.760. The van der Waals surface area contributed by atoms with E-state index in [0.29, 0.717) is 18.2 Å². The number of pyridine rings is 1. The monoisotopic (exact) mass is 222 g/mol. The molecule has 0 N–H and O–H groups in total. The fourth-order valence-electron chi connectivity index (χ4n) is 1.81. The number of hydrogen-bond acceptors (Lipinski definition) is 4. The van der Waals surface area contributed by atoms with E-state index in [0.717, 1.165) is 0 Å². The van der Waals surface area contributed by atoms with E-state index in [4.69, 9.17) is 9.47 Å². The van der Waals surface area contributed by atoms with Gasteiger partial charge >= 0.3 is 0 Å². The molecule has 1 aliphatic heterocycles. The third-order valence-corrected chi connectivity index (χ3v) is 2.46. The van der Waals surface area contributed by atoms with E-state index in [-0.39, 0.29) is 18.6 Å². The van der Waals surface area contributed by atoms with Gasteiger partial charge in [-0.2, -0.15) is 0 Å². The molecule has 1 aliphatic rings. The van der Waals surface area contributed by atoms with Gasteiger partial charge in [0.2, 0.25) is 5.88 Å².